The summed E-state index contributed by atoms with van der Waals surface area (Å²) in [6.07, 6.45) is 1.63. The van der Waals surface area contributed by atoms with Crippen molar-refractivity contribution in [2.45, 2.75) is 25.8 Å². The average Bonchev–Trinajstić information content (AvgIpc) is 2.45. The summed E-state index contributed by atoms with van der Waals surface area (Å²) in [7, 11) is 0. The largest absolute Gasteiger partial charge is 0.457 e. The molecular weight excluding hydrogens is 357 g/mol. The minimum absolute atomic E-state index is 0.0994. The van der Waals surface area contributed by atoms with Crippen LogP contribution in [0.15, 0.2) is 40.9 Å². The van der Waals surface area contributed by atoms with Gasteiger partial charge in [0.2, 0.25) is 0 Å². The van der Waals surface area contributed by atoms with Gasteiger partial charge in [0.15, 0.2) is 0 Å². The van der Waals surface area contributed by atoms with Crippen LogP contribution in [0.1, 0.15) is 18.9 Å². The van der Waals surface area contributed by atoms with Crippen LogP contribution in [0.4, 0.5) is 4.39 Å². The Morgan fingerprint density at radius 1 is 1.24 bits per heavy atom. The molecule has 2 N–H and O–H groups in total. The number of benzene rings is 2. The topological polar surface area (TPSA) is 35.2 Å². The zero-order valence-electron chi connectivity index (χ0n) is 11.6. The van der Waals surface area contributed by atoms with Crippen LogP contribution < -0.4 is 10.5 Å². The highest BCUT2D eigenvalue weighted by atomic mass is 79.9. The maximum atomic E-state index is 13.2. The Morgan fingerprint density at radius 2 is 1.90 bits per heavy atom. The first-order chi connectivity index (χ1) is 9.99. The Balaban J connectivity index is 2.14. The molecule has 0 amide bonds. The van der Waals surface area contributed by atoms with Gasteiger partial charge in [-0.15, -0.1) is 0 Å². The van der Waals surface area contributed by atoms with Crippen LogP contribution in [-0.2, 0) is 6.42 Å². The van der Waals surface area contributed by atoms with Crippen molar-refractivity contribution in [3.8, 4) is 11.5 Å². The van der Waals surface area contributed by atoms with Crippen LogP contribution >= 0.6 is 27.5 Å². The van der Waals surface area contributed by atoms with Crippen molar-refractivity contribution in [3.63, 3.8) is 0 Å². The maximum Gasteiger partial charge on any atom is 0.137 e. The molecule has 0 fully saturated rings. The molecular formula is C16H16BrClFNO. The second-order valence-corrected chi connectivity index (χ2v) is 6.07. The standard InChI is InChI=1S/C16H16BrClFNO/c1-2-11(20)7-10-3-4-13(9-15(10)18)21-12-5-6-16(19)14(17)8-12/h3-6,8-9,11H,2,7,20H2,1H3. The van der Waals surface area contributed by atoms with E-state index < -0.39 is 0 Å². The molecule has 2 nitrogen and oxygen atoms in total. The minimum Gasteiger partial charge on any atom is -0.457 e. The van der Waals surface area contributed by atoms with E-state index in [1.165, 1.54) is 6.07 Å². The van der Waals surface area contributed by atoms with Gasteiger partial charge in [0, 0.05) is 11.1 Å². The van der Waals surface area contributed by atoms with Crippen LogP contribution in [-0.4, -0.2) is 6.04 Å². The van der Waals surface area contributed by atoms with Gasteiger partial charge < -0.3 is 10.5 Å². The summed E-state index contributed by atoms with van der Waals surface area (Å²) in [4.78, 5) is 0. The van der Waals surface area contributed by atoms with E-state index in [0.29, 0.717) is 21.0 Å². The van der Waals surface area contributed by atoms with Crippen LogP contribution in [0.25, 0.3) is 0 Å². The highest BCUT2D eigenvalue weighted by Crippen LogP contribution is 2.29. The zero-order chi connectivity index (χ0) is 15.4. The second-order valence-electron chi connectivity index (χ2n) is 4.80. The van der Waals surface area contributed by atoms with Crippen LogP contribution in [0, 0.1) is 5.82 Å². The summed E-state index contributed by atoms with van der Waals surface area (Å²) in [6, 6.07) is 10.1. The molecule has 2 aromatic carbocycles. The van der Waals surface area contributed by atoms with Gasteiger partial charge in [0.05, 0.1) is 4.47 Å². The second kappa shape index (κ2) is 7.25. The number of rotatable bonds is 5. The summed E-state index contributed by atoms with van der Waals surface area (Å²) >= 11 is 9.37. The van der Waals surface area contributed by atoms with E-state index in [2.05, 4.69) is 15.9 Å². The molecule has 0 heterocycles. The Labute approximate surface area is 137 Å². The molecule has 112 valence electrons. The number of nitrogens with two attached hydrogens (primary N) is 1. The molecule has 0 bridgehead atoms. The van der Waals surface area contributed by atoms with Gasteiger partial charge in [-0.25, -0.2) is 4.39 Å². The molecule has 0 saturated heterocycles. The SMILES string of the molecule is CCC(N)Cc1ccc(Oc2ccc(F)c(Br)c2)cc1Cl. The van der Waals surface area contributed by atoms with E-state index in [9.17, 15) is 4.39 Å². The lowest BCUT2D eigenvalue weighted by atomic mass is 10.0. The smallest absolute Gasteiger partial charge is 0.137 e. The van der Waals surface area contributed by atoms with Gasteiger partial charge in [-0.3, -0.25) is 0 Å². The third kappa shape index (κ3) is 4.43. The van der Waals surface area contributed by atoms with E-state index in [1.54, 1.807) is 18.2 Å². The highest BCUT2D eigenvalue weighted by Gasteiger charge is 2.08. The summed E-state index contributed by atoms with van der Waals surface area (Å²) in [5, 5.41) is 0.623. The molecule has 21 heavy (non-hydrogen) atoms. The third-order valence-electron chi connectivity index (χ3n) is 3.16. The number of hydrogen-bond acceptors (Lipinski definition) is 2. The third-order valence-corrected chi connectivity index (χ3v) is 4.12. The zero-order valence-corrected chi connectivity index (χ0v) is 13.9. The lowest BCUT2D eigenvalue weighted by Crippen LogP contribution is -2.21. The molecule has 0 aliphatic carbocycles. The number of halogens is 3. The van der Waals surface area contributed by atoms with Crippen molar-refractivity contribution >= 4 is 27.5 Å². The summed E-state index contributed by atoms with van der Waals surface area (Å²) < 4.78 is 19.2. The lowest BCUT2D eigenvalue weighted by Gasteiger charge is -2.12. The predicted molar refractivity (Wildman–Crippen MR) is 87.6 cm³/mol. The fourth-order valence-corrected chi connectivity index (χ4v) is 2.47. The molecule has 2 rings (SSSR count). The van der Waals surface area contributed by atoms with Gasteiger partial charge in [-0.05, 0) is 64.7 Å². The molecule has 0 saturated carbocycles. The summed E-state index contributed by atoms with van der Waals surface area (Å²) in [6.45, 7) is 2.04. The fraction of sp³-hybridized carbons (Fsp3) is 0.250. The summed E-state index contributed by atoms with van der Waals surface area (Å²) in [5.41, 5.74) is 6.93. The van der Waals surface area contributed by atoms with E-state index in [-0.39, 0.29) is 11.9 Å². The van der Waals surface area contributed by atoms with Crippen molar-refractivity contribution in [2.24, 2.45) is 5.73 Å². The van der Waals surface area contributed by atoms with Crippen molar-refractivity contribution in [1.29, 1.82) is 0 Å². The normalized spacial score (nSPS) is 12.2. The van der Waals surface area contributed by atoms with Crippen LogP contribution in [0.3, 0.4) is 0 Å². The Kier molecular flexibility index (Phi) is 5.62. The van der Waals surface area contributed by atoms with Crippen molar-refractivity contribution in [1.82, 2.24) is 0 Å². The highest BCUT2D eigenvalue weighted by molar-refractivity contribution is 9.10. The summed E-state index contributed by atoms with van der Waals surface area (Å²) in [5.74, 6) is 0.814. The van der Waals surface area contributed by atoms with Gasteiger partial charge in [0.25, 0.3) is 0 Å². The van der Waals surface area contributed by atoms with Crippen LogP contribution in [0.2, 0.25) is 5.02 Å². The van der Waals surface area contributed by atoms with Crippen LogP contribution in [0.5, 0.6) is 11.5 Å². The van der Waals surface area contributed by atoms with Gasteiger partial charge in [0.1, 0.15) is 17.3 Å². The maximum absolute atomic E-state index is 13.2. The molecule has 0 radical (unpaired) electrons. The van der Waals surface area contributed by atoms with Gasteiger partial charge in [-0.1, -0.05) is 24.6 Å². The minimum atomic E-state index is -0.329. The molecule has 2 aromatic rings. The first kappa shape index (κ1) is 16.3. The molecule has 0 aromatic heterocycles. The quantitative estimate of drug-likeness (QED) is 0.771. The first-order valence-electron chi connectivity index (χ1n) is 6.66. The van der Waals surface area contributed by atoms with Crippen molar-refractivity contribution < 1.29 is 9.13 Å². The Bertz CT molecular complexity index is 636. The van der Waals surface area contributed by atoms with E-state index in [0.717, 1.165) is 18.4 Å². The van der Waals surface area contributed by atoms with E-state index in [4.69, 9.17) is 22.1 Å². The molecule has 1 atom stereocenters. The monoisotopic (exact) mass is 371 g/mol. The Morgan fingerprint density at radius 3 is 2.52 bits per heavy atom. The number of hydrogen-bond donors (Lipinski definition) is 1. The van der Waals surface area contributed by atoms with E-state index in [1.807, 2.05) is 19.1 Å². The first-order valence-corrected chi connectivity index (χ1v) is 7.83. The molecule has 5 heteroatoms. The average molecular weight is 373 g/mol. The molecule has 0 spiro atoms. The number of ether oxygens (including phenoxy) is 1. The van der Waals surface area contributed by atoms with E-state index >= 15 is 0 Å². The van der Waals surface area contributed by atoms with Crippen molar-refractivity contribution in [3.05, 3.63) is 57.3 Å². The van der Waals surface area contributed by atoms with Crippen molar-refractivity contribution in [2.75, 3.05) is 0 Å². The fourth-order valence-electron chi connectivity index (χ4n) is 1.86. The predicted octanol–water partition coefficient (Wildman–Crippen LogP) is 5.31. The molecule has 1 unspecified atom stereocenters. The molecule has 0 aliphatic rings. The Hall–Kier alpha value is -1.10. The molecule has 0 aliphatic heterocycles. The van der Waals surface area contributed by atoms with Gasteiger partial charge in [-0.2, -0.15) is 0 Å². The lowest BCUT2D eigenvalue weighted by molar-refractivity contribution is 0.479. The van der Waals surface area contributed by atoms with Gasteiger partial charge >= 0.3 is 0 Å².